The molecule has 7 heteroatoms. The molecule has 0 aliphatic carbocycles. The third kappa shape index (κ3) is 3.57. The molecule has 1 aliphatic heterocycles. The van der Waals surface area contributed by atoms with Gasteiger partial charge >= 0.3 is 0 Å². The number of benzene rings is 2. The number of hydrogen-bond donors (Lipinski definition) is 1. The van der Waals surface area contributed by atoms with E-state index in [1.54, 1.807) is 36.4 Å². The van der Waals surface area contributed by atoms with Crippen LogP contribution in [0.4, 0.5) is 0 Å². The average Bonchev–Trinajstić information content (AvgIpc) is 2.56. The van der Waals surface area contributed by atoms with Crippen molar-refractivity contribution in [2.75, 3.05) is 13.2 Å². The van der Waals surface area contributed by atoms with E-state index in [1.807, 2.05) is 0 Å². The number of halogens is 2. The Morgan fingerprint density at radius 2 is 2.00 bits per heavy atom. The van der Waals surface area contributed by atoms with Gasteiger partial charge in [-0.05, 0) is 24.3 Å². The maximum absolute atomic E-state index is 12.2. The standard InChI is InChI=1S/C16H12Cl2N2O3/c17-11-5-4-10(13(18)8-11)9-19-20-16(21)12-2-1-3-14-15(12)23-7-6-22-14/h1-5,8-9H,6-7H2,(H,20,21)/b19-9-. The number of rotatable bonds is 3. The molecule has 0 saturated carbocycles. The fourth-order valence-electron chi connectivity index (χ4n) is 2.08. The lowest BCUT2D eigenvalue weighted by Crippen LogP contribution is -2.22. The molecule has 0 atom stereocenters. The van der Waals surface area contributed by atoms with Crippen LogP contribution < -0.4 is 14.9 Å². The zero-order valence-electron chi connectivity index (χ0n) is 11.9. The molecule has 1 N–H and O–H groups in total. The van der Waals surface area contributed by atoms with Gasteiger partial charge in [-0.15, -0.1) is 0 Å². The fraction of sp³-hybridized carbons (Fsp3) is 0.125. The predicted octanol–water partition coefficient (Wildman–Crippen LogP) is 3.53. The van der Waals surface area contributed by atoms with Gasteiger partial charge in [0.15, 0.2) is 11.5 Å². The van der Waals surface area contributed by atoms with Crippen LogP contribution in [-0.4, -0.2) is 25.3 Å². The first-order valence-electron chi connectivity index (χ1n) is 6.82. The summed E-state index contributed by atoms with van der Waals surface area (Å²) in [7, 11) is 0. The van der Waals surface area contributed by atoms with Crippen molar-refractivity contribution in [3.63, 3.8) is 0 Å². The van der Waals surface area contributed by atoms with Gasteiger partial charge in [0.2, 0.25) is 0 Å². The molecule has 1 aliphatic rings. The molecular weight excluding hydrogens is 339 g/mol. The van der Waals surface area contributed by atoms with E-state index in [9.17, 15) is 4.79 Å². The molecule has 118 valence electrons. The monoisotopic (exact) mass is 350 g/mol. The maximum Gasteiger partial charge on any atom is 0.275 e. The molecule has 0 saturated heterocycles. The number of carbonyl (C=O) groups is 1. The first-order chi connectivity index (χ1) is 11.1. The Hall–Kier alpha value is -2.24. The number of amides is 1. The minimum absolute atomic E-state index is 0.363. The SMILES string of the molecule is O=C(N/N=C\c1ccc(Cl)cc1Cl)c1cccc2c1OCCO2. The summed E-state index contributed by atoms with van der Waals surface area (Å²) in [6.45, 7) is 0.867. The number of hydrogen-bond acceptors (Lipinski definition) is 4. The highest BCUT2D eigenvalue weighted by molar-refractivity contribution is 6.36. The van der Waals surface area contributed by atoms with E-state index < -0.39 is 5.91 Å². The van der Waals surface area contributed by atoms with Gasteiger partial charge in [0.05, 0.1) is 16.8 Å². The summed E-state index contributed by atoms with van der Waals surface area (Å²) in [4.78, 5) is 12.2. The summed E-state index contributed by atoms with van der Waals surface area (Å²) in [5.41, 5.74) is 3.45. The fourth-order valence-corrected chi connectivity index (χ4v) is 2.54. The Morgan fingerprint density at radius 3 is 2.83 bits per heavy atom. The van der Waals surface area contributed by atoms with E-state index in [-0.39, 0.29) is 0 Å². The highest BCUT2D eigenvalue weighted by Gasteiger charge is 2.19. The van der Waals surface area contributed by atoms with Crippen LogP contribution in [0.15, 0.2) is 41.5 Å². The molecule has 0 fully saturated rings. The van der Waals surface area contributed by atoms with E-state index in [0.717, 1.165) is 0 Å². The maximum atomic E-state index is 12.2. The largest absolute Gasteiger partial charge is 0.486 e. The van der Waals surface area contributed by atoms with Crippen LogP contribution in [-0.2, 0) is 0 Å². The Balaban J connectivity index is 1.74. The van der Waals surface area contributed by atoms with Crippen molar-refractivity contribution < 1.29 is 14.3 Å². The number of carbonyl (C=O) groups excluding carboxylic acids is 1. The number of nitrogens with one attached hydrogen (secondary N) is 1. The van der Waals surface area contributed by atoms with Gasteiger partial charge in [-0.25, -0.2) is 5.43 Å². The van der Waals surface area contributed by atoms with Gasteiger partial charge in [-0.2, -0.15) is 5.10 Å². The van der Waals surface area contributed by atoms with Crippen LogP contribution >= 0.6 is 23.2 Å². The lowest BCUT2D eigenvalue weighted by Gasteiger charge is -2.20. The van der Waals surface area contributed by atoms with E-state index in [1.165, 1.54) is 6.21 Å². The van der Waals surface area contributed by atoms with E-state index in [2.05, 4.69) is 10.5 Å². The quantitative estimate of drug-likeness (QED) is 0.680. The lowest BCUT2D eigenvalue weighted by atomic mass is 10.1. The van der Waals surface area contributed by atoms with Gasteiger partial charge < -0.3 is 9.47 Å². The first kappa shape index (κ1) is 15.6. The Labute approximate surface area is 142 Å². The second kappa shape index (κ2) is 6.89. The molecule has 3 rings (SSSR count). The second-order valence-corrected chi connectivity index (χ2v) is 5.54. The predicted molar refractivity (Wildman–Crippen MR) is 89.0 cm³/mol. The smallest absolute Gasteiger partial charge is 0.275 e. The van der Waals surface area contributed by atoms with Crippen molar-refractivity contribution in [1.29, 1.82) is 0 Å². The molecule has 0 aromatic heterocycles. The van der Waals surface area contributed by atoms with Crippen molar-refractivity contribution in [3.8, 4) is 11.5 Å². The van der Waals surface area contributed by atoms with Crippen molar-refractivity contribution in [1.82, 2.24) is 5.43 Å². The summed E-state index contributed by atoms with van der Waals surface area (Å²) < 4.78 is 10.9. The first-order valence-corrected chi connectivity index (χ1v) is 7.58. The van der Waals surface area contributed by atoms with Crippen LogP contribution in [0.25, 0.3) is 0 Å². The molecule has 5 nitrogen and oxygen atoms in total. The van der Waals surface area contributed by atoms with Crippen LogP contribution in [0, 0.1) is 0 Å². The summed E-state index contributed by atoms with van der Waals surface area (Å²) in [5.74, 6) is 0.582. The minimum Gasteiger partial charge on any atom is -0.486 e. The highest BCUT2D eigenvalue weighted by Crippen LogP contribution is 2.33. The molecule has 1 amide bonds. The Kier molecular flexibility index (Phi) is 4.69. The Morgan fingerprint density at radius 1 is 1.17 bits per heavy atom. The van der Waals surface area contributed by atoms with Crippen LogP contribution in [0.2, 0.25) is 10.0 Å². The van der Waals surface area contributed by atoms with Gasteiger partial charge in [0, 0.05) is 10.6 Å². The van der Waals surface area contributed by atoms with E-state index in [0.29, 0.717) is 45.9 Å². The molecule has 2 aromatic rings. The van der Waals surface area contributed by atoms with Crippen molar-refractivity contribution >= 4 is 35.3 Å². The summed E-state index contributed by atoms with van der Waals surface area (Å²) in [5, 5.41) is 4.89. The molecule has 23 heavy (non-hydrogen) atoms. The molecule has 1 heterocycles. The van der Waals surface area contributed by atoms with Gasteiger partial charge in [0.1, 0.15) is 13.2 Å². The number of ether oxygens (including phenoxy) is 2. The van der Waals surface area contributed by atoms with Gasteiger partial charge in [-0.1, -0.05) is 35.3 Å². The van der Waals surface area contributed by atoms with Crippen LogP contribution in [0.3, 0.4) is 0 Å². The third-order valence-corrected chi connectivity index (χ3v) is 3.71. The van der Waals surface area contributed by atoms with Crippen molar-refractivity contribution in [3.05, 3.63) is 57.6 Å². The summed E-state index contributed by atoms with van der Waals surface area (Å²) >= 11 is 11.9. The highest BCUT2D eigenvalue weighted by atomic mass is 35.5. The molecule has 0 unspecified atom stereocenters. The average molecular weight is 351 g/mol. The number of nitrogens with zero attached hydrogens (tertiary/aromatic N) is 1. The molecule has 0 spiro atoms. The molecular formula is C16H12Cl2N2O3. The van der Waals surface area contributed by atoms with E-state index >= 15 is 0 Å². The zero-order valence-corrected chi connectivity index (χ0v) is 13.4. The van der Waals surface area contributed by atoms with E-state index in [4.69, 9.17) is 32.7 Å². The lowest BCUT2D eigenvalue weighted by molar-refractivity contribution is 0.0944. The van der Waals surface area contributed by atoms with Gasteiger partial charge in [0.25, 0.3) is 5.91 Å². The molecule has 0 radical (unpaired) electrons. The number of para-hydroxylation sites is 1. The zero-order chi connectivity index (χ0) is 16.2. The number of fused-ring (bicyclic) bond motifs is 1. The normalized spacial score (nSPS) is 13.1. The number of hydrazone groups is 1. The minimum atomic E-state index is -0.395. The molecule has 2 aromatic carbocycles. The Bertz CT molecular complexity index is 778. The van der Waals surface area contributed by atoms with Gasteiger partial charge in [-0.3, -0.25) is 4.79 Å². The van der Waals surface area contributed by atoms with Crippen LogP contribution in [0.1, 0.15) is 15.9 Å². The summed E-state index contributed by atoms with van der Waals surface area (Å²) in [6, 6.07) is 10.1. The third-order valence-electron chi connectivity index (χ3n) is 3.14. The van der Waals surface area contributed by atoms with Crippen molar-refractivity contribution in [2.24, 2.45) is 5.10 Å². The topological polar surface area (TPSA) is 59.9 Å². The van der Waals surface area contributed by atoms with Crippen molar-refractivity contribution in [2.45, 2.75) is 0 Å². The molecule has 0 bridgehead atoms. The summed E-state index contributed by atoms with van der Waals surface area (Å²) in [6.07, 6.45) is 1.45. The second-order valence-electron chi connectivity index (χ2n) is 4.69. The van der Waals surface area contributed by atoms with Crippen LogP contribution in [0.5, 0.6) is 11.5 Å².